The maximum Gasteiger partial charge on any atom is 0.346 e. The van der Waals surface area contributed by atoms with Crippen LogP contribution >= 0.6 is 12.2 Å². The smallest absolute Gasteiger partial charge is 0.346 e. The van der Waals surface area contributed by atoms with Crippen LogP contribution in [0.1, 0.15) is 6.42 Å². The summed E-state index contributed by atoms with van der Waals surface area (Å²) >= 11 is 4.67. The van der Waals surface area contributed by atoms with Gasteiger partial charge in [0.05, 0.1) is 12.0 Å². The molecule has 0 aliphatic rings. The number of hydrogen-bond acceptors (Lipinski definition) is 5. The largest absolute Gasteiger partial charge is 0.465 e. The maximum absolute atomic E-state index is 11.8. The summed E-state index contributed by atoms with van der Waals surface area (Å²) in [5, 5.41) is 4.22. The number of thiocarbonyl (C=S) groups is 1. The lowest BCUT2D eigenvalue weighted by molar-refractivity contribution is 0.229. The van der Waals surface area contributed by atoms with Gasteiger partial charge in [-0.1, -0.05) is 6.07 Å². The first-order valence-electron chi connectivity index (χ1n) is 6.06. The van der Waals surface area contributed by atoms with Crippen LogP contribution in [0, 0.1) is 0 Å². The van der Waals surface area contributed by atoms with Crippen molar-refractivity contribution in [3.8, 4) is 5.95 Å². The third-order valence-corrected chi connectivity index (χ3v) is 2.77. The molecule has 0 amide bonds. The maximum atomic E-state index is 11.8. The highest BCUT2D eigenvalue weighted by Gasteiger charge is 2.05. The molecule has 1 aromatic carbocycles. The Morgan fingerprint density at radius 3 is 2.95 bits per heavy atom. The first-order valence-corrected chi connectivity index (χ1v) is 6.46. The molecule has 0 saturated heterocycles. The summed E-state index contributed by atoms with van der Waals surface area (Å²) in [4.78, 5) is 11.8. The van der Waals surface area contributed by atoms with Crippen molar-refractivity contribution in [3.05, 3.63) is 34.7 Å². The van der Waals surface area contributed by atoms with Crippen molar-refractivity contribution in [2.45, 2.75) is 6.42 Å². The minimum Gasteiger partial charge on any atom is -0.465 e. The zero-order chi connectivity index (χ0) is 14.5. The van der Waals surface area contributed by atoms with Crippen molar-refractivity contribution in [1.82, 2.24) is 5.32 Å². The van der Waals surface area contributed by atoms with Gasteiger partial charge in [0.2, 0.25) is 0 Å². The summed E-state index contributed by atoms with van der Waals surface area (Å²) in [5.41, 5.74) is 11.0. The Kier molecular flexibility index (Phi) is 4.41. The molecule has 2 rings (SSSR count). The van der Waals surface area contributed by atoms with Crippen molar-refractivity contribution in [3.63, 3.8) is 0 Å². The third kappa shape index (κ3) is 3.61. The predicted molar refractivity (Wildman–Crippen MR) is 81.8 cm³/mol. The lowest BCUT2D eigenvalue weighted by atomic mass is 10.2. The molecule has 20 heavy (non-hydrogen) atoms. The zero-order valence-electron chi connectivity index (χ0n) is 10.7. The molecule has 0 saturated carbocycles. The van der Waals surface area contributed by atoms with E-state index in [-0.39, 0.29) is 11.1 Å². The first-order chi connectivity index (χ1) is 9.56. The molecule has 106 valence electrons. The van der Waals surface area contributed by atoms with Crippen molar-refractivity contribution < 1.29 is 9.15 Å². The molecule has 0 spiro atoms. The number of ether oxygens (including phenoxy) is 1. The van der Waals surface area contributed by atoms with Gasteiger partial charge in [-0.25, -0.2) is 4.79 Å². The van der Waals surface area contributed by atoms with Crippen molar-refractivity contribution in [1.29, 1.82) is 0 Å². The fraction of sp³-hybridized carbons (Fsp3) is 0.231. The molecule has 1 heterocycles. The van der Waals surface area contributed by atoms with Crippen LogP contribution in [-0.4, -0.2) is 18.3 Å². The second-order valence-electron chi connectivity index (χ2n) is 4.19. The van der Waals surface area contributed by atoms with E-state index in [2.05, 4.69) is 17.5 Å². The number of rotatable bonds is 5. The van der Waals surface area contributed by atoms with Crippen molar-refractivity contribution >= 4 is 33.8 Å². The number of hydrogen-bond donors (Lipinski definition) is 3. The van der Waals surface area contributed by atoms with E-state index in [9.17, 15) is 4.79 Å². The fourth-order valence-corrected chi connectivity index (χ4v) is 1.81. The molecular weight excluding hydrogens is 278 g/mol. The molecule has 0 aliphatic heterocycles. The molecule has 6 nitrogen and oxygen atoms in total. The molecular formula is C13H15N3O3S. The lowest BCUT2D eigenvalue weighted by Gasteiger charge is -2.06. The van der Waals surface area contributed by atoms with Gasteiger partial charge in [-0.2, -0.15) is 0 Å². The quantitative estimate of drug-likeness (QED) is 0.429. The monoisotopic (exact) mass is 293 g/mol. The standard InChI is InChI=1S/C13H15N3O3S/c14-9-3-2-8-6-11(19-12(17)10(8)7-9)18-5-1-4-16-13(15)20/h2-3,6-7H,1,4-5,14H2,(H3,15,16,20). The summed E-state index contributed by atoms with van der Waals surface area (Å²) in [5.74, 6) is 0.183. The molecule has 0 unspecified atom stereocenters. The van der Waals surface area contributed by atoms with E-state index in [1.54, 1.807) is 24.3 Å². The van der Waals surface area contributed by atoms with Crippen LogP contribution in [0.25, 0.3) is 10.8 Å². The Hall–Kier alpha value is -2.28. The van der Waals surface area contributed by atoms with Crippen LogP contribution < -0.4 is 27.1 Å². The van der Waals surface area contributed by atoms with Gasteiger partial charge in [0, 0.05) is 18.3 Å². The highest BCUT2D eigenvalue weighted by molar-refractivity contribution is 7.80. The van der Waals surface area contributed by atoms with Gasteiger partial charge in [0.25, 0.3) is 5.95 Å². The van der Waals surface area contributed by atoms with Crippen LogP contribution in [-0.2, 0) is 0 Å². The van der Waals surface area contributed by atoms with Crippen molar-refractivity contribution in [2.24, 2.45) is 5.73 Å². The number of fused-ring (bicyclic) bond motifs is 1. The molecule has 0 bridgehead atoms. The third-order valence-electron chi connectivity index (χ3n) is 2.63. The Balaban J connectivity index is 2.03. The topological polar surface area (TPSA) is 104 Å². The van der Waals surface area contributed by atoms with Crippen LogP contribution in [0.2, 0.25) is 0 Å². The first kappa shape index (κ1) is 14.1. The summed E-state index contributed by atoms with van der Waals surface area (Å²) in [6.45, 7) is 0.989. The number of benzene rings is 1. The zero-order valence-corrected chi connectivity index (χ0v) is 11.5. The molecule has 7 heteroatoms. The second-order valence-corrected chi connectivity index (χ2v) is 4.63. The Bertz CT molecular complexity index is 684. The second kappa shape index (κ2) is 6.25. The van der Waals surface area contributed by atoms with E-state index in [1.165, 1.54) is 0 Å². The van der Waals surface area contributed by atoms with Crippen LogP contribution in [0.5, 0.6) is 5.95 Å². The Morgan fingerprint density at radius 1 is 1.40 bits per heavy atom. The van der Waals surface area contributed by atoms with E-state index >= 15 is 0 Å². The number of anilines is 1. The summed E-state index contributed by atoms with van der Waals surface area (Å²) < 4.78 is 10.5. The molecule has 1 aromatic heterocycles. The summed E-state index contributed by atoms with van der Waals surface area (Å²) in [6.07, 6.45) is 0.681. The van der Waals surface area contributed by atoms with E-state index in [4.69, 9.17) is 20.6 Å². The van der Waals surface area contributed by atoms with Gasteiger partial charge in [0.1, 0.15) is 0 Å². The van der Waals surface area contributed by atoms with Crippen LogP contribution in [0.3, 0.4) is 0 Å². The van der Waals surface area contributed by atoms with Gasteiger partial charge in [0.15, 0.2) is 5.11 Å². The molecule has 0 atom stereocenters. The normalized spacial score (nSPS) is 10.4. The molecule has 5 N–H and O–H groups in total. The summed E-state index contributed by atoms with van der Waals surface area (Å²) in [7, 11) is 0. The highest BCUT2D eigenvalue weighted by atomic mass is 32.1. The SMILES string of the molecule is NC(=S)NCCCOc1cc2ccc(N)cc2c(=O)o1. The minimum absolute atomic E-state index is 0.183. The van der Waals surface area contributed by atoms with Gasteiger partial charge in [-0.15, -0.1) is 0 Å². The fourth-order valence-electron chi connectivity index (χ4n) is 1.71. The highest BCUT2D eigenvalue weighted by Crippen LogP contribution is 2.19. The van der Waals surface area contributed by atoms with E-state index in [1.807, 2.05) is 0 Å². The van der Waals surface area contributed by atoms with E-state index in [0.29, 0.717) is 30.6 Å². The Labute approximate surface area is 120 Å². The van der Waals surface area contributed by atoms with Gasteiger partial charge >= 0.3 is 5.63 Å². The van der Waals surface area contributed by atoms with Gasteiger partial charge < -0.3 is 25.9 Å². The average Bonchev–Trinajstić information content (AvgIpc) is 2.39. The van der Waals surface area contributed by atoms with Crippen molar-refractivity contribution in [2.75, 3.05) is 18.9 Å². The van der Waals surface area contributed by atoms with Gasteiger partial charge in [-0.3, -0.25) is 0 Å². The van der Waals surface area contributed by atoms with Crippen LogP contribution in [0.15, 0.2) is 33.5 Å². The van der Waals surface area contributed by atoms with Gasteiger partial charge in [-0.05, 0) is 36.2 Å². The molecule has 0 radical (unpaired) electrons. The number of nitrogen functional groups attached to an aromatic ring is 1. The molecule has 0 aliphatic carbocycles. The van der Waals surface area contributed by atoms with E-state index in [0.717, 1.165) is 5.39 Å². The average molecular weight is 293 g/mol. The lowest BCUT2D eigenvalue weighted by Crippen LogP contribution is -2.30. The molecule has 0 fully saturated rings. The Morgan fingerprint density at radius 2 is 2.20 bits per heavy atom. The number of nitrogens with two attached hydrogens (primary N) is 2. The van der Waals surface area contributed by atoms with E-state index < -0.39 is 5.63 Å². The van der Waals surface area contributed by atoms with Crippen LogP contribution in [0.4, 0.5) is 5.69 Å². The number of nitrogens with one attached hydrogen (secondary N) is 1. The summed E-state index contributed by atoms with van der Waals surface area (Å²) in [6, 6.07) is 6.72. The molecule has 2 aromatic rings. The minimum atomic E-state index is -0.467. The predicted octanol–water partition coefficient (Wildman–Crippen LogP) is 0.977.